The Balaban J connectivity index is 1.68. The Hall–Kier alpha value is -3.94. The minimum atomic E-state index is 0.00560. The zero-order chi connectivity index (χ0) is 21.8. The molecule has 1 fully saturated rings. The van der Waals surface area contributed by atoms with Gasteiger partial charge in [0.1, 0.15) is 0 Å². The first-order chi connectivity index (χ1) is 15.8. The molecule has 4 nitrogen and oxygen atoms in total. The van der Waals surface area contributed by atoms with Gasteiger partial charge in [-0.3, -0.25) is 4.79 Å². The second kappa shape index (κ2) is 9.05. The Bertz CT molecular complexity index is 1320. The normalized spacial score (nSPS) is 13.4. The highest BCUT2D eigenvalue weighted by molar-refractivity contribution is 6.08. The van der Waals surface area contributed by atoms with Crippen molar-refractivity contribution in [1.82, 2.24) is 9.88 Å². The molecule has 1 amide bonds. The maximum Gasteiger partial charge on any atom is 0.254 e. The third-order valence-corrected chi connectivity index (χ3v) is 5.55. The number of ether oxygens (including phenoxy) is 1. The molecule has 0 radical (unpaired) electrons. The van der Waals surface area contributed by atoms with E-state index in [0.717, 1.165) is 33.3 Å². The maximum absolute atomic E-state index is 13.5. The van der Waals surface area contributed by atoms with E-state index >= 15 is 0 Å². The fourth-order valence-electron chi connectivity index (χ4n) is 3.88. The highest BCUT2D eigenvalue weighted by Crippen LogP contribution is 2.28. The van der Waals surface area contributed by atoms with Gasteiger partial charge in [0.15, 0.2) is 0 Å². The van der Waals surface area contributed by atoms with Crippen molar-refractivity contribution in [3.05, 3.63) is 102 Å². The molecule has 0 atom stereocenters. The summed E-state index contributed by atoms with van der Waals surface area (Å²) in [6.07, 6.45) is 0. The van der Waals surface area contributed by atoms with Crippen LogP contribution in [0.15, 0.2) is 84.9 Å². The third-order valence-electron chi connectivity index (χ3n) is 5.55. The Morgan fingerprint density at radius 2 is 1.56 bits per heavy atom. The number of hydrogen-bond acceptors (Lipinski definition) is 3. The van der Waals surface area contributed by atoms with Crippen LogP contribution in [-0.2, 0) is 4.74 Å². The first-order valence-corrected chi connectivity index (χ1v) is 10.7. The van der Waals surface area contributed by atoms with Crippen LogP contribution in [0.2, 0.25) is 0 Å². The molecular formula is C28H22N2O2. The summed E-state index contributed by atoms with van der Waals surface area (Å²) in [5, 5.41) is 0.820. The van der Waals surface area contributed by atoms with Crippen LogP contribution in [0.5, 0.6) is 0 Å². The largest absolute Gasteiger partial charge is 0.378 e. The van der Waals surface area contributed by atoms with E-state index in [-0.39, 0.29) is 5.91 Å². The number of carbonyl (C=O) groups excluding carboxylic acids is 1. The number of rotatable bonds is 2. The van der Waals surface area contributed by atoms with E-state index < -0.39 is 0 Å². The van der Waals surface area contributed by atoms with Crippen LogP contribution in [0.3, 0.4) is 0 Å². The topological polar surface area (TPSA) is 42.4 Å². The first-order valence-electron chi connectivity index (χ1n) is 10.7. The van der Waals surface area contributed by atoms with Crippen molar-refractivity contribution >= 4 is 16.8 Å². The van der Waals surface area contributed by atoms with Crippen molar-refractivity contribution < 1.29 is 9.53 Å². The molecule has 3 aromatic carbocycles. The van der Waals surface area contributed by atoms with Gasteiger partial charge in [-0.1, -0.05) is 72.5 Å². The van der Waals surface area contributed by atoms with Gasteiger partial charge in [-0.05, 0) is 24.3 Å². The van der Waals surface area contributed by atoms with Crippen molar-refractivity contribution in [2.75, 3.05) is 26.3 Å². The molecule has 1 saturated heterocycles. The molecule has 4 heteroatoms. The Morgan fingerprint density at radius 3 is 2.31 bits per heavy atom. The van der Waals surface area contributed by atoms with Gasteiger partial charge < -0.3 is 9.64 Å². The van der Waals surface area contributed by atoms with Crippen molar-refractivity contribution in [1.29, 1.82) is 0 Å². The molecule has 4 aromatic rings. The van der Waals surface area contributed by atoms with E-state index in [1.807, 2.05) is 89.8 Å². The minimum Gasteiger partial charge on any atom is -0.378 e. The molecule has 5 rings (SSSR count). The smallest absolute Gasteiger partial charge is 0.254 e. The molecule has 156 valence electrons. The fraction of sp³-hybridized carbons (Fsp3) is 0.143. The number of para-hydroxylation sites is 1. The highest BCUT2D eigenvalue weighted by atomic mass is 16.5. The molecule has 0 saturated carbocycles. The SMILES string of the molecule is O=C(c1cc(-c2ccccc2)nc2c(C#Cc3ccccc3)cccc12)N1CCOCC1. The lowest BCUT2D eigenvalue weighted by Crippen LogP contribution is -2.40. The molecule has 0 unspecified atom stereocenters. The number of hydrogen-bond donors (Lipinski definition) is 0. The number of fused-ring (bicyclic) bond motifs is 1. The number of benzene rings is 3. The number of aromatic nitrogens is 1. The number of nitrogens with zero attached hydrogens (tertiary/aromatic N) is 2. The van der Waals surface area contributed by atoms with E-state index in [1.165, 1.54) is 0 Å². The summed E-state index contributed by atoms with van der Waals surface area (Å²) in [7, 11) is 0. The Morgan fingerprint density at radius 1 is 0.844 bits per heavy atom. The zero-order valence-corrected chi connectivity index (χ0v) is 17.6. The Kier molecular flexibility index (Phi) is 5.65. The van der Waals surface area contributed by atoms with Gasteiger partial charge in [-0.15, -0.1) is 0 Å². The average molecular weight is 418 g/mol. The summed E-state index contributed by atoms with van der Waals surface area (Å²) in [5.74, 6) is 6.50. The summed E-state index contributed by atoms with van der Waals surface area (Å²) < 4.78 is 5.43. The molecule has 0 bridgehead atoms. The monoisotopic (exact) mass is 418 g/mol. The fourth-order valence-corrected chi connectivity index (χ4v) is 3.88. The van der Waals surface area contributed by atoms with Crippen LogP contribution in [0, 0.1) is 11.8 Å². The van der Waals surface area contributed by atoms with Crippen LogP contribution in [0.1, 0.15) is 21.5 Å². The van der Waals surface area contributed by atoms with Gasteiger partial charge in [-0.25, -0.2) is 4.98 Å². The second-order valence-corrected chi connectivity index (χ2v) is 7.64. The standard InChI is InChI=1S/C28H22N2O2/c31-28(30-16-18-32-19-17-30)25-20-26(22-10-5-2-6-11-22)29-27-23(12-7-13-24(25)27)15-14-21-8-3-1-4-9-21/h1-13,20H,16-19H2. The number of morpholine rings is 1. The highest BCUT2D eigenvalue weighted by Gasteiger charge is 2.22. The molecule has 1 aliphatic heterocycles. The van der Waals surface area contributed by atoms with Crippen LogP contribution >= 0.6 is 0 Å². The van der Waals surface area contributed by atoms with Crippen molar-refractivity contribution in [3.8, 4) is 23.1 Å². The van der Waals surface area contributed by atoms with Gasteiger partial charge >= 0.3 is 0 Å². The van der Waals surface area contributed by atoms with Gasteiger partial charge in [-0.2, -0.15) is 0 Å². The summed E-state index contributed by atoms with van der Waals surface area (Å²) in [6.45, 7) is 2.32. The van der Waals surface area contributed by atoms with E-state index in [4.69, 9.17) is 9.72 Å². The van der Waals surface area contributed by atoms with E-state index in [2.05, 4.69) is 11.8 Å². The predicted molar refractivity (Wildman–Crippen MR) is 126 cm³/mol. The predicted octanol–water partition coefficient (Wildman–Crippen LogP) is 4.77. The molecule has 1 aromatic heterocycles. The molecule has 0 spiro atoms. The van der Waals surface area contributed by atoms with Crippen molar-refractivity contribution in [2.45, 2.75) is 0 Å². The molecule has 0 N–H and O–H groups in total. The second-order valence-electron chi connectivity index (χ2n) is 7.64. The molecule has 1 aliphatic rings. The van der Waals surface area contributed by atoms with Gasteiger partial charge in [0, 0.05) is 29.6 Å². The summed E-state index contributed by atoms with van der Waals surface area (Å²) in [4.78, 5) is 20.3. The van der Waals surface area contributed by atoms with Gasteiger partial charge in [0.25, 0.3) is 5.91 Å². The lowest BCUT2D eigenvalue weighted by Gasteiger charge is -2.27. The molecular weight excluding hydrogens is 396 g/mol. The minimum absolute atomic E-state index is 0.00560. The quantitative estimate of drug-likeness (QED) is 0.440. The van der Waals surface area contributed by atoms with Gasteiger partial charge in [0.2, 0.25) is 0 Å². The molecule has 32 heavy (non-hydrogen) atoms. The first kappa shape index (κ1) is 20.0. The number of amides is 1. The van der Waals surface area contributed by atoms with Gasteiger partial charge in [0.05, 0.1) is 35.6 Å². The molecule has 0 aliphatic carbocycles. The summed E-state index contributed by atoms with van der Waals surface area (Å²) >= 11 is 0. The van der Waals surface area contributed by atoms with Crippen molar-refractivity contribution in [3.63, 3.8) is 0 Å². The Labute approximate surface area is 187 Å². The van der Waals surface area contributed by atoms with Crippen LogP contribution < -0.4 is 0 Å². The lowest BCUT2D eigenvalue weighted by atomic mass is 10.0. The van der Waals surface area contributed by atoms with Crippen LogP contribution in [0.25, 0.3) is 22.2 Å². The van der Waals surface area contributed by atoms with E-state index in [0.29, 0.717) is 31.9 Å². The van der Waals surface area contributed by atoms with Crippen molar-refractivity contribution in [2.24, 2.45) is 0 Å². The van der Waals surface area contributed by atoms with Crippen LogP contribution in [-0.4, -0.2) is 42.1 Å². The maximum atomic E-state index is 13.5. The van der Waals surface area contributed by atoms with Crippen LogP contribution in [0.4, 0.5) is 0 Å². The molecule has 2 heterocycles. The third kappa shape index (κ3) is 4.12. The number of carbonyl (C=O) groups is 1. The number of pyridine rings is 1. The lowest BCUT2D eigenvalue weighted by molar-refractivity contribution is 0.0304. The summed E-state index contributed by atoms with van der Waals surface area (Å²) in [6, 6.07) is 27.6. The van der Waals surface area contributed by atoms with E-state index in [9.17, 15) is 4.79 Å². The summed E-state index contributed by atoms with van der Waals surface area (Å²) in [5.41, 5.74) is 4.88. The van der Waals surface area contributed by atoms with E-state index in [1.54, 1.807) is 0 Å². The average Bonchev–Trinajstić information content (AvgIpc) is 2.88. The zero-order valence-electron chi connectivity index (χ0n) is 17.6.